The van der Waals surface area contributed by atoms with Crippen LogP contribution in [0.1, 0.15) is 32.6 Å². The lowest BCUT2D eigenvalue weighted by Gasteiger charge is -2.12. The van der Waals surface area contributed by atoms with Crippen LogP contribution < -0.4 is 0 Å². The zero-order valence-electron chi connectivity index (χ0n) is 9.27. The standard InChI is InChI=1S/C13H16O/c1-6-13(14)12-7-8(2)9(3)10(4)11(12)5/h6-7H,1H2,2-5H3. The largest absolute Gasteiger partial charge is 0.289 e. The lowest BCUT2D eigenvalue weighted by atomic mass is 9.93. The maximum absolute atomic E-state index is 11.5. The van der Waals surface area contributed by atoms with Crippen LogP contribution in [0.25, 0.3) is 0 Å². The Kier molecular flexibility index (Phi) is 2.90. The van der Waals surface area contributed by atoms with Gasteiger partial charge in [-0.1, -0.05) is 6.58 Å². The van der Waals surface area contributed by atoms with Gasteiger partial charge in [0, 0.05) is 5.56 Å². The summed E-state index contributed by atoms with van der Waals surface area (Å²) in [6.07, 6.45) is 1.37. The smallest absolute Gasteiger partial charge is 0.185 e. The van der Waals surface area contributed by atoms with Gasteiger partial charge in [-0.15, -0.1) is 0 Å². The SMILES string of the molecule is C=CC(=O)c1cc(C)c(C)c(C)c1C. The van der Waals surface area contributed by atoms with Crippen LogP contribution in [0, 0.1) is 27.7 Å². The van der Waals surface area contributed by atoms with E-state index in [4.69, 9.17) is 0 Å². The molecule has 0 saturated carbocycles. The van der Waals surface area contributed by atoms with Crippen molar-refractivity contribution in [2.24, 2.45) is 0 Å². The Labute approximate surface area is 85.5 Å². The van der Waals surface area contributed by atoms with Gasteiger partial charge in [-0.3, -0.25) is 4.79 Å². The fraction of sp³-hybridized carbons (Fsp3) is 0.308. The van der Waals surface area contributed by atoms with E-state index in [1.807, 2.05) is 19.9 Å². The minimum Gasteiger partial charge on any atom is -0.289 e. The quantitative estimate of drug-likeness (QED) is 0.514. The van der Waals surface area contributed by atoms with Gasteiger partial charge in [0.1, 0.15) is 0 Å². The average Bonchev–Trinajstić information content (AvgIpc) is 2.19. The molecule has 1 aromatic rings. The molecule has 1 nitrogen and oxygen atoms in total. The fourth-order valence-corrected chi connectivity index (χ4v) is 1.58. The average molecular weight is 188 g/mol. The van der Waals surface area contributed by atoms with Gasteiger partial charge >= 0.3 is 0 Å². The van der Waals surface area contributed by atoms with Crippen LogP contribution in [-0.4, -0.2) is 5.78 Å². The van der Waals surface area contributed by atoms with Crippen LogP contribution in [0.3, 0.4) is 0 Å². The molecule has 0 aliphatic heterocycles. The van der Waals surface area contributed by atoms with Crippen molar-refractivity contribution in [2.45, 2.75) is 27.7 Å². The molecule has 0 aliphatic carbocycles. The van der Waals surface area contributed by atoms with Gasteiger partial charge in [0.2, 0.25) is 0 Å². The molecule has 14 heavy (non-hydrogen) atoms. The molecule has 0 saturated heterocycles. The van der Waals surface area contributed by atoms with Gasteiger partial charge < -0.3 is 0 Å². The Bertz CT molecular complexity index is 400. The first kappa shape index (κ1) is 10.7. The lowest BCUT2D eigenvalue weighted by Crippen LogP contribution is -2.02. The molecule has 0 spiro atoms. The van der Waals surface area contributed by atoms with Crippen molar-refractivity contribution >= 4 is 5.78 Å². The van der Waals surface area contributed by atoms with Gasteiger partial charge in [-0.2, -0.15) is 0 Å². The highest BCUT2D eigenvalue weighted by atomic mass is 16.1. The van der Waals surface area contributed by atoms with E-state index in [1.54, 1.807) is 0 Å². The summed E-state index contributed by atoms with van der Waals surface area (Å²) in [5.74, 6) is 0.00806. The van der Waals surface area contributed by atoms with Crippen molar-refractivity contribution in [3.8, 4) is 0 Å². The van der Waals surface area contributed by atoms with Crippen LogP contribution in [0.2, 0.25) is 0 Å². The topological polar surface area (TPSA) is 17.1 Å². The maximum atomic E-state index is 11.5. The molecule has 1 aromatic carbocycles. The van der Waals surface area contributed by atoms with Gasteiger partial charge in [-0.25, -0.2) is 0 Å². The van der Waals surface area contributed by atoms with Crippen molar-refractivity contribution in [2.75, 3.05) is 0 Å². The molecule has 0 aliphatic rings. The number of benzene rings is 1. The highest BCUT2D eigenvalue weighted by Crippen LogP contribution is 2.21. The van der Waals surface area contributed by atoms with Gasteiger partial charge in [0.05, 0.1) is 0 Å². The first-order valence-corrected chi connectivity index (χ1v) is 4.73. The molecule has 0 unspecified atom stereocenters. The number of hydrogen-bond acceptors (Lipinski definition) is 1. The second-order valence-electron chi connectivity index (χ2n) is 3.68. The molecule has 0 atom stereocenters. The second kappa shape index (κ2) is 3.79. The zero-order chi connectivity index (χ0) is 10.9. The molecule has 0 heterocycles. The van der Waals surface area contributed by atoms with Crippen molar-refractivity contribution in [1.82, 2.24) is 0 Å². The Morgan fingerprint density at radius 2 is 1.71 bits per heavy atom. The zero-order valence-corrected chi connectivity index (χ0v) is 9.27. The number of rotatable bonds is 2. The van der Waals surface area contributed by atoms with Crippen molar-refractivity contribution in [3.05, 3.63) is 46.5 Å². The Morgan fingerprint density at radius 1 is 1.14 bits per heavy atom. The van der Waals surface area contributed by atoms with Crippen molar-refractivity contribution in [3.63, 3.8) is 0 Å². The van der Waals surface area contributed by atoms with E-state index >= 15 is 0 Å². The minimum absolute atomic E-state index is 0.00806. The van der Waals surface area contributed by atoms with E-state index in [2.05, 4.69) is 20.4 Å². The van der Waals surface area contributed by atoms with Crippen LogP contribution in [0.5, 0.6) is 0 Å². The normalized spacial score (nSPS) is 10.0. The molecule has 1 rings (SSSR count). The van der Waals surface area contributed by atoms with Crippen LogP contribution in [-0.2, 0) is 0 Å². The van der Waals surface area contributed by atoms with Crippen LogP contribution >= 0.6 is 0 Å². The van der Waals surface area contributed by atoms with Gasteiger partial charge in [0.15, 0.2) is 5.78 Å². The third-order valence-electron chi connectivity index (χ3n) is 2.93. The highest BCUT2D eigenvalue weighted by molar-refractivity contribution is 6.05. The molecular weight excluding hydrogens is 172 g/mol. The Balaban J connectivity index is 3.47. The second-order valence-corrected chi connectivity index (χ2v) is 3.68. The lowest BCUT2D eigenvalue weighted by molar-refractivity contribution is 0.104. The molecular formula is C13H16O. The third-order valence-corrected chi connectivity index (χ3v) is 2.93. The fourth-order valence-electron chi connectivity index (χ4n) is 1.58. The molecule has 1 heteroatoms. The third kappa shape index (κ3) is 1.63. The molecule has 0 N–H and O–H groups in total. The van der Waals surface area contributed by atoms with Gasteiger partial charge in [-0.05, 0) is 62.1 Å². The van der Waals surface area contributed by atoms with Crippen LogP contribution in [0.4, 0.5) is 0 Å². The summed E-state index contributed by atoms with van der Waals surface area (Å²) in [6, 6.07) is 1.95. The van der Waals surface area contributed by atoms with E-state index in [0.29, 0.717) is 0 Å². The number of carbonyl (C=O) groups excluding carboxylic acids is 1. The summed E-state index contributed by atoms with van der Waals surface area (Å²) >= 11 is 0. The summed E-state index contributed by atoms with van der Waals surface area (Å²) in [7, 11) is 0. The summed E-state index contributed by atoms with van der Waals surface area (Å²) in [6.45, 7) is 11.7. The molecule has 0 radical (unpaired) electrons. The Morgan fingerprint density at radius 3 is 2.21 bits per heavy atom. The number of allylic oxidation sites excluding steroid dienone is 1. The molecule has 0 aromatic heterocycles. The first-order valence-electron chi connectivity index (χ1n) is 4.73. The molecule has 74 valence electrons. The molecule has 0 amide bonds. The van der Waals surface area contributed by atoms with Crippen LogP contribution in [0.15, 0.2) is 18.7 Å². The van der Waals surface area contributed by atoms with E-state index in [1.165, 1.54) is 22.8 Å². The van der Waals surface area contributed by atoms with E-state index in [0.717, 1.165) is 11.1 Å². The first-order chi connectivity index (χ1) is 6.49. The molecule has 0 bridgehead atoms. The van der Waals surface area contributed by atoms with E-state index in [9.17, 15) is 4.79 Å². The monoisotopic (exact) mass is 188 g/mol. The van der Waals surface area contributed by atoms with Crippen molar-refractivity contribution < 1.29 is 4.79 Å². The Hall–Kier alpha value is -1.37. The summed E-state index contributed by atoms with van der Waals surface area (Å²) in [4.78, 5) is 11.5. The summed E-state index contributed by atoms with van der Waals surface area (Å²) in [5, 5.41) is 0. The summed E-state index contributed by atoms with van der Waals surface area (Å²) < 4.78 is 0. The minimum atomic E-state index is 0.00806. The number of hydrogen-bond donors (Lipinski definition) is 0. The number of carbonyl (C=O) groups is 1. The van der Waals surface area contributed by atoms with E-state index in [-0.39, 0.29) is 5.78 Å². The van der Waals surface area contributed by atoms with Gasteiger partial charge in [0.25, 0.3) is 0 Å². The van der Waals surface area contributed by atoms with Crippen molar-refractivity contribution in [1.29, 1.82) is 0 Å². The number of aryl methyl sites for hydroxylation is 1. The highest BCUT2D eigenvalue weighted by Gasteiger charge is 2.10. The summed E-state index contributed by atoms with van der Waals surface area (Å²) in [5.41, 5.74) is 5.48. The number of ketones is 1. The predicted octanol–water partition coefficient (Wildman–Crippen LogP) is 3.29. The van der Waals surface area contributed by atoms with E-state index < -0.39 is 0 Å². The predicted molar refractivity (Wildman–Crippen MR) is 59.9 cm³/mol. The maximum Gasteiger partial charge on any atom is 0.185 e. The molecule has 0 fully saturated rings.